The first kappa shape index (κ1) is 32.1. The molecule has 0 heterocycles. The van der Waals surface area contributed by atoms with Gasteiger partial charge in [-0.2, -0.15) is 0 Å². The summed E-state index contributed by atoms with van der Waals surface area (Å²) in [4.78, 5) is 1.11. The van der Waals surface area contributed by atoms with Crippen LogP contribution in [0.3, 0.4) is 0 Å². The zero-order valence-electron chi connectivity index (χ0n) is 22.4. The van der Waals surface area contributed by atoms with Crippen molar-refractivity contribution in [3.63, 3.8) is 0 Å². The van der Waals surface area contributed by atoms with Gasteiger partial charge in [0.2, 0.25) is 0 Å². The zero-order valence-corrected chi connectivity index (χ0v) is 27.0. The van der Waals surface area contributed by atoms with Crippen molar-refractivity contribution in [2.24, 2.45) is 0 Å². The molecule has 0 aromatic heterocycles. The van der Waals surface area contributed by atoms with Gasteiger partial charge in [-0.15, -0.1) is 0 Å². The van der Waals surface area contributed by atoms with Gasteiger partial charge in [0.05, 0.1) is 0 Å². The first-order valence-electron chi connectivity index (χ1n) is 14.1. The summed E-state index contributed by atoms with van der Waals surface area (Å²) in [5.74, 6) is 0.799. The minimum absolute atomic E-state index is 0.799. The summed E-state index contributed by atoms with van der Waals surface area (Å²) in [7, 11) is 0. The Bertz CT molecular complexity index is 791. The van der Waals surface area contributed by atoms with Crippen LogP contribution in [0.25, 0.3) is 0 Å². The molecule has 36 heavy (non-hydrogen) atoms. The van der Waals surface area contributed by atoms with Gasteiger partial charge in [-0.1, -0.05) is 52.4 Å². The summed E-state index contributed by atoms with van der Waals surface area (Å²) in [6.45, 7) is 4.54. The monoisotopic (exact) mass is 631 g/mol. The molecule has 0 saturated carbocycles. The molecule has 6 heteroatoms. The van der Waals surface area contributed by atoms with Crippen LogP contribution in [0.5, 0.6) is 5.75 Å². The van der Waals surface area contributed by atoms with Gasteiger partial charge in [0.25, 0.3) is 0 Å². The van der Waals surface area contributed by atoms with E-state index in [9.17, 15) is 0 Å². The average molecular weight is 630 g/mol. The molecule has 2 aromatic rings. The third kappa shape index (κ3) is 14.2. The van der Waals surface area contributed by atoms with Crippen molar-refractivity contribution in [1.82, 2.24) is 0 Å². The predicted molar refractivity (Wildman–Crippen MR) is 158 cm³/mol. The predicted octanol–water partition coefficient (Wildman–Crippen LogP) is 11.1. The Labute approximate surface area is 242 Å². The molecule has 0 saturated heterocycles. The third-order valence-corrected chi connectivity index (χ3v) is 13.8. The minimum atomic E-state index is -2.50. The summed E-state index contributed by atoms with van der Waals surface area (Å²) in [5.41, 5.74) is 0.268. The van der Waals surface area contributed by atoms with Crippen molar-refractivity contribution < 1.29 is 27.9 Å². The Hall–Kier alpha value is -0.112. The Morgan fingerprint density at radius 3 is 1.50 bits per heavy atom. The number of hydrogen-bond donors (Lipinski definition) is 0. The van der Waals surface area contributed by atoms with E-state index in [1.165, 1.54) is 101 Å². The fourth-order valence-electron chi connectivity index (χ4n) is 4.31. The van der Waals surface area contributed by atoms with E-state index in [0.29, 0.717) is 0 Å². The van der Waals surface area contributed by atoms with Crippen LogP contribution in [-0.4, -0.2) is 0 Å². The molecule has 0 spiro atoms. The SMILES string of the molecule is CCCCCCCCCc1ccc(OP(=S)([O][Mo])Sc2ccc(CCCCCCCCC)cc2)cc1. The Kier molecular flexibility index (Phi) is 17.7. The maximum absolute atomic E-state index is 6.21. The molecular formula is C30H46MoO2PS2. The van der Waals surface area contributed by atoms with Gasteiger partial charge in [0.1, 0.15) is 0 Å². The van der Waals surface area contributed by atoms with E-state index in [1.54, 1.807) is 31.6 Å². The van der Waals surface area contributed by atoms with Gasteiger partial charge >= 0.3 is 191 Å². The fourth-order valence-corrected chi connectivity index (χ4v) is 8.84. The van der Waals surface area contributed by atoms with Gasteiger partial charge < -0.3 is 0 Å². The maximum atomic E-state index is 6.21. The normalized spacial score (nSPS) is 12.9. The summed E-state index contributed by atoms with van der Waals surface area (Å²) in [6.07, 6.45) is 21.1. The van der Waals surface area contributed by atoms with E-state index >= 15 is 0 Å². The van der Waals surface area contributed by atoms with E-state index in [0.717, 1.165) is 23.5 Å². The van der Waals surface area contributed by atoms with E-state index in [2.05, 4.69) is 50.2 Å². The second-order valence-corrected chi connectivity index (χ2v) is 16.8. The third-order valence-electron chi connectivity index (χ3n) is 6.51. The molecule has 0 aliphatic carbocycles. The van der Waals surface area contributed by atoms with Crippen LogP contribution in [0.2, 0.25) is 0 Å². The van der Waals surface area contributed by atoms with Gasteiger partial charge in [-0.25, -0.2) is 0 Å². The van der Waals surface area contributed by atoms with Crippen LogP contribution in [0.15, 0.2) is 53.4 Å². The number of benzene rings is 2. The molecule has 1 atom stereocenters. The van der Waals surface area contributed by atoms with Gasteiger partial charge in [-0.3, -0.25) is 0 Å². The topological polar surface area (TPSA) is 18.5 Å². The van der Waals surface area contributed by atoms with Crippen LogP contribution >= 0.6 is 17.1 Å². The fraction of sp³-hybridized carbons (Fsp3) is 0.600. The molecule has 2 rings (SSSR count). The molecule has 0 bridgehead atoms. The van der Waals surface area contributed by atoms with Crippen molar-refractivity contribution in [2.75, 3.05) is 0 Å². The standard InChI is InChI=1S/C30H47O2PS2.Mo/c1-3-5-7-9-11-13-15-17-27-19-23-29(24-20-27)32-33(31,34)35-30-25-21-28(22-26-30)18-16-14-12-10-8-6-4-2;/h19-26H,3-18H2,1-2H3,(H,31,34);/q;+1/p-1. The van der Waals surface area contributed by atoms with Crippen LogP contribution in [0, 0.1) is 0 Å². The van der Waals surface area contributed by atoms with Crippen molar-refractivity contribution in [3.8, 4) is 5.75 Å². The van der Waals surface area contributed by atoms with E-state index < -0.39 is 5.69 Å². The van der Waals surface area contributed by atoms with Gasteiger partial charge in [-0.05, 0) is 0 Å². The molecule has 0 N–H and O–H groups in total. The Balaban J connectivity index is 1.73. The molecule has 2 nitrogen and oxygen atoms in total. The first-order valence-corrected chi connectivity index (χ1v) is 18.9. The summed E-state index contributed by atoms with van der Waals surface area (Å²) in [5, 5.41) is 0. The van der Waals surface area contributed by atoms with Crippen LogP contribution in [-0.2, 0) is 48.0 Å². The molecule has 0 radical (unpaired) electrons. The molecule has 201 valence electrons. The quantitative estimate of drug-likeness (QED) is 0.0777. The van der Waals surface area contributed by atoms with Crippen LogP contribution in [0.1, 0.15) is 115 Å². The van der Waals surface area contributed by atoms with Crippen LogP contribution in [0.4, 0.5) is 0 Å². The number of unbranched alkanes of at least 4 members (excludes halogenated alkanes) is 12. The molecule has 0 aliphatic heterocycles. The van der Waals surface area contributed by atoms with Crippen molar-refractivity contribution >= 4 is 28.9 Å². The Morgan fingerprint density at radius 2 is 1.06 bits per heavy atom. The van der Waals surface area contributed by atoms with Gasteiger partial charge in [0, 0.05) is 0 Å². The zero-order chi connectivity index (χ0) is 25.9. The second-order valence-electron chi connectivity index (χ2n) is 9.73. The Morgan fingerprint density at radius 1 is 0.639 bits per heavy atom. The van der Waals surface area contributed by atoms with Crippen LogP contribution < -0.4 is 4.52 Å². The van der Waals surface area contributed by atoms with Gasteiger partial charge in [0.15, 0.2) is 0 Å². The molecular weight excluding hydrogens is 583 g/mol. The van der Waals surface area contributed by atoms with E-state index in [4.69, 9.17) is 19.5 Å². The molecule has 0 aliphatic rings. The first-order chi connectivity index (χ1) is 17.6. The second kappa shape index (κ2) is 19.9. The number of aryl methyl sites for hydroxylation is 2. The van der Waals surface area contributed by atoms with Crippen molar-refractivity contribution in [2.45, 2.75) is 121 Å². The number of hydrogen-bond acceptors (Lipinski definition) is 4. The van der Waals surface area contributed by atoms with E-state index in [1.807, 2.05) is 12.1 Å². The molecule has 0 fully saturated rings. The summed E-state index contributed by atoms with van der Waals surface area (Å²) >= 11 is 8.96. The molecule has 2 aromatic carbocycles. The number of rotatable bonds is 21. The van der Waals surface area contributed by atoms with Crippen molar-refractivity contribution in [1.29, 1.82) is 0 Å². The molecule has 1 unspecified atom stereocenters. The molecule has 0 amide bonds. The van der Waals surface area contributed by atoms with Crippen molar-refractivity contribution in [3.05, 3.63) is 59.7 Å². The summed E-state index contributed by atoms with van der Waals surface area (Å²) < 4.78 is 11.9. The van der Waals surface area contributed by atoms with E-state index in [-0.39, 0.29) is 0 Å². The average Bonchev–Trinajstić information content (AvgIpc) is 2.89. The summed E-state index contributed by atoms with van der Waals surface area (Å²) in [6, 6.07) is 17.2.